The summed E-state index contributed by atoms with van der Waals surface area (Å²) in [6.45, 7) is 7.51. The monoisotopic (exact) mass is 627 g/mol. The number of carbonyl (C=O) groups is 3. The molecule has 2 bridgehead atoms. The summed E-state index contributed by atoms with van der Waals surface area (Å²) in [7, 11) is 1.51. The third-order valence-corrected chi connectivity index (χ3v) is 10.6. The molecule has 1 aromatic carbocycles. The van der Waals surface area contributed by atoms with Crippen LogP contribution in [-0.2, 0) is 25.0 Å². The van der Waals surface area contributed by atoms with Gasteiger partial charge in [-0.2, -0.15) is 8.78 Å². The molecule has 3 heterocycles. The summed E-state index contributed by atoms with van der Waals surface area (Å²) in [4.78, 5) is 50.3. The lowest BCUT2D eigenvalue weighted by molar-refractivity contribution is -0.153. The van der Waals surface area contributed by atoms with Gasteiger partial charge in [-0.3, -0.25) is 9.59 Å². The first-order chi connectivity index (χ1) is 21.3. The van der Waals surface area contributed by atoms with Crippen LogP contribution in [0.15, 0.2) is 18.2 Å². The topological polar surface area (TPSA) is 108 Å². The van der Waals surface area contributed by atoms with Crippen molar-refractivity contribution < 1.29 is 37.4 Å². The lowest BCUT2D eigenvalue weighted by atomic mass is 9.77. The first-order valence-electron chi connectivity index (χ1n) is 16.2. The second-order valence-corrected chi connectivity index (χ2v) is 14.5. The van der Waals surface area contributed by atoms with Gasteiger partial charge in [-0.25, -0.2) is 9.97 Å². The maximum atomic E-state index is 16.7. The molecule has 2 aliphatic heterocycles. The minimum absolute atomic E-state index is 0.0128. The normalized spacial score (nSPS) is 31.2. The van der Waals surface area contributed by atoms with Crippen LogP contribution in [0, 0.1) is 28.6 Å². The predicted molar refractivity (Wildman–Crippen MR) is 161 cm³/mol. The van der Waals surface area contributed by atoms with Crippen molar-refractivity contribution in [1.29, 1.82) is 0 Å². The second-order valence-electron chi connectivity index (χ2n) is 14.5. The van der Waals surface area contributed by atoms with Crippen LogP contribution in [0.4, 0.5) is 8.78 Å². The fraction of sp³-hybridized carbons (Fsp3) is 0.676. The van der Waals surface area contributed by atoms with E-state index >= 15 is 8.78 Å². The highest BCUT2D eigenvalue weighted by Crippen LogP contribution is 2.65. The molecule has 4 aliphatic rings. The molecule has 2 saturated carbocycles. The number of nitrogens with zero attached hydrogens (tertiary/aromatic N) is 3. The number of aldehydes is 1. The van der Waals surface area contributed by atoms with Gasteiger partial charge in [0.2, 0.25) is 11.8 Å². The molecule has 3 fully saturated rings. The number of amides is 1. The van der Waals surface area contributed by atoms with E-state index < -0.39 is 52.4 Å². The molecule has 11 heteroatoms. The van der Waals surface area contributed by atoms with E-state index in [9.17, 15) is 14.4 Å². The first-order valence-corrected chi connectivity index (χ1v) is 16.2. The molecule has 1 spiro atoms. The molecule has 9 nitrogen and oxygen atoms in total. The number of benzene rings is 1. The van der Waals surface area contributed by atoms with Gasteiger partial charge in [-0.15, -0.1) is 0 Å². The molecule has 2 aliphatic carbocycles. The molecule has 2 aromatic rings. The number of ether oxygens (including phenoxy) is 3. The smallest absolute Gasteiger partial charge is 0.306 e. The third-order valence-electron chi connectivity index (χ3n) is 10.6. The van der Waals surface area contributed by atoms with Crippen LogP contribution in [0.25, 0.3) is 11.0 Å². The minimum Gasteiger partial charge on any atom is -0.497 e. The van der Waals surface area contributed by atoms with Crippen molar-refractivity contribution in [3.05, 3.63) is 23.9 Å². The molecule has 45 heavy (non-hydrogen) atoms. The zero-order valence-corrected chi connectivity index (χ0v) is 26.7. The fourth-order valence-electron chi connectivity index (χ4n) is 7.36. The molecule has 1 aromatic heterocycles. The van der Waals surface area contributed by atoms with Crippen molar-refractivity contribution in [2.24, 2.45) is 28.6 Å². The second kappa shape index (κ2) is 11.5. The van der Waals surface area contributed by atoms with E-state index in [-0.39, 0.29) is 36.8 Å². The number of aromatic nitrogens is 2. The molecular formula is C34H43F2N3O6. The van der Waals surface area contributed by atoms with E-state index in [0.717, 1.165) is 6.29 Å². The maximum absolute atomic E-state index is 16.7. The molecule has 0 radical (unpaired) electrons. The molecular weight excluding hydrogens is 584 g/mol. The molecule has 1 amide bonds. The zero-order valence-electron chi connectivity index (χ0n) is 26.7. The number of hydrogen-bond donors (Lipinski definition) is 0. The minimum atomic E-state index is -3.33. The number of halogens is 2. The van der Waals surface area contributed by atoms with E-state index in [4.69, 9.17) is 14.2 Å². The van der Waals surface area contributed by atoms with Crippen molar-refractivity contribution in [3.63, 3.8) is 0 Å². The van der Waals surface area contributed by atoms with Gasteiger partial charge >= 0.3 is 11.9 Å². The van der Waals surface area contributed by atoms with Crippen molar-refractivity contribution in [1.82, 2.24) is 14.9 Å². The van der Waals surface area contributed by atoms with Gasteiger partial charge in [-0.05, 0) is 62.0 Å². The van der Waals surface area contributed by atoms with Gasteiger partial charge < -0.3 is 23.9 Å². The summed E-state index contributed by atoms with van der Waals surface area (Å²) in [5.41, 5.74) is -1.74. The first kappa shape index (κ1) is 31.6. The van der Waals surface area contributed by atoms with E-state index in [1.165, 1.54) is 12.0 Å². The third kappa shape index (κ3) is 5.76. The van der Waals surface area contributed by atoms with Crippen molar-refractivity contribution in [3.8, 4) is 11.6 Å². The molecule has 6 atom stereocenters. The molecule has 244 valence electrons. The number of rotatable bonds is 3. The highest BCUT2D eigenvalue weighted by Gasteiger charge is 2.64. The van der Waals surface area contributed by atoms with E-state index in [0.29, 0.717) is 61.7 Å². The van der Waals surface area contributed by atoms with Crippen LogP contribution in [-0.4, -0.2) is 64.9 Å². The van der Waals surface area contributed by atoms with Gasteiger partial charge in [0.1, 0.15) is 24.2 Å². The number of carbonyl (C=O) groups excluding carboxylic acids is 3. The highest BCUT2D eigenvalue weighted by molar-refractivity contribution is 5.87. The Bertz CT molecular complexity index is 1490. The van der Waals surface area contributed by atoms with Gasteiger partial charge in [-0.1, -0.05) is 34.1 Å². The summed E-state index contributed by atoms with van der Waals surface area (Å²) >= 11 is 0. The predicted octanol–water partition coefficient (Wildman–Crippen LogP) is 5.86. The number of methoxy groups -OCH3 is 1. The zero-order chi connectivity index (χ0) is 32.3. The maximum Gasteiger partial charge on any atom is 0.306 e. The van der Waals surface area contributed by atoms with Gasteiger partial charge in [0.05, 0.1) is 43.1 Å². The van der Waals surface area contributed by atoms with Crippen LogP contribution < -0.4 is 9.47 Å². The Kier molecular flexibility index (Phi) is 8.05. The molecule has 0 unspecified atom stereocenters. The van der Waals surface area contributed by atoms with E-state index in [1.807, 2.05) is 27.7 Å². The van der Waals surface area contributed by atoms with Gasteiger partial charge in [0.15, 0.2) is 5.69 Å². The van der Waals surface area contributed by atoms with E-state index in [1.54, 1.807) is 18.2 Å². The summed E-state index contributed by atoms with van der Waals surface area (Å²) in [6.07, 6.45) is 2.98. The Hall–Kier alpha value is -3.37. The van der Waals surface area contributed by atoms with Crippen LogP contribution in [0.3, 0.4) is 0 Å². The van der Waals surface area contributed by atoms with Crippen LogP contribution in [0.2, 0.25) is 0 Å². The quantitative estimate of drug-likeness (QED) is 0.308. The van der Waals surface area contributed by atoms with Crippen LogP contribution in [0.1, 0.15) is 84.8 Å². The molecule has 0 N–H and O–H groups in total. The standard InChI is InChI=1S/C34H43F2N3O6/c1-6-21-25(18-40)39-17-27(21)45-30-29(37-23-10-9-20(43-5)15-24(23)38-30)34(35,36)33(12-13-33)11-7-8-19-14-26(19)44-28(41)16-22(31(39)42)32(2,3)4/h9-10,15,18-19,21-22,25-27H,6-8,11-14,16-17H2,1-5H3/t19-,21+,22-,25-,26-,27+/m1/s1. The lowest BCUT2D eigenvalue weighted by Gasteiger charge is -2.34. The Morgan fingerprint density at radius 3 is 2.49 bits per heavy atom. The van der Waals surface area contributed by atoms with Crippen LogP contribution in [0.5, 0.6) is 11.6 Å². The van der Waals surface area contributed by atoms with E-state index in [2.05, 4.69) is 9.97 Å². The average Bonchev–Trinajstić information content (AvgIpc) is 3.91. The Balaban J connectivity index is 1.44. The fourth-order valence-corrected chi connectivity index (χ4v) is 7.36. The van der Waals surface area contributed by atoms with Crippen molar-refractivity contribution in [2.75, 3.05) is 13.7 Å². The number of esters is 1. The average molecular weight is 628 g/mol. The molecule has 6 rings (SSSR count). The highest BCUT2D eigenvalue weighted by atomic mass is 19.3. The number of fused-ring (bicyclic) bond motifs is 5. The van der Waals surface area contributed by atoms with Crippen molar-refractivity contribution >= 4 is 29.2 Å². The van der Waals surface area contributed by atoms with Crippen molar-refractivity contribution in [2.45, 2.75) is 103 Å². The summed E-state index contributed by atoms with van der Waals surface area (Å²) < 4.78 is 50.9. The Morgan fingerprint density at radius 2 is 1.84 bits per heavy atom. The van der Waals surface area contributed by atoms with Gasteiger partial charge in [0, 0.05) is 17.4 Å². The Labute approximate surface area is 262 Å². The number of alkyl halides is 2. The summed E-state index contributed by atoms with van der Waals surface area (Å²) in [6, 6.07) is 4.04. The lowest BCUT2D eigenvalue weighted by Crippen LogP contribution is -2.46. The summed E-state index contributed by atoms with van der Waals surface area (Å²) in [5.74, 6) is -5.02. The molecule has 1 saturated heterocycles. The largest absolute Gasteiger partial charge is 0.497 e. The Morgan fingerprint density at radius 1 is 1.09 bits per heavy atom. The SMILES string of the molecule is CC[C@@H]1[C@@H]2CN(C(=O)[C@H](C(C)(C)C)CC(=O)O[C@@H]3C[C@H]3CCCC3(CC3)C(F)(F)c3nc4ccc(OC)cc4nc3O2)[C@@H]1C=O. The van der Waals surface area contributed by atoms with Crippen LogP contribution >= 0.6 is 0 Å². The van der Waals surface area contributed by atoms with Gasteiger partial charge in [0.25, 0.3) is 0 Å². The summed E-state index contributed by atoms with van der Waals surface area (Å²) in [5, 5.41) is 0. The number of hydrogen-bond acceptors (Lipinski definition) is 8.